The maximum Gasteiger partial charge on any atom is 0.0632 e. The third-order valence-corrected chi connectivity index (χ3v) is 4.96. The summed E-state index contributed by atoms with van der Waals surface area (Å²) in [5, 5.41) is 8.07. The van der Waals surface area contributed by atoms with Gasteiger partial charge in [0, 0.05) is 5.70 Å². The van der Waals surface area contributed by atoms with E-state index in [1.807, 2.05) is 62.4 Å². The molecular formula is C28H34N2. The van der Waals surface area contributed by atoms with E-state index in [-0.39, 0.29) is 5.41 Å². The molecule has 0 aromatic heterocycles. The number of nitrogens with one attached hydrogen (secondary N) is 1. The van der Waals surface area contributed by atoms with E-state index >= 15 is 0 Å². The van der Waals surface area contributed by atoms with Crippen LogP contribution in [0.15, 0.2) is 78.9 Å². The number of hydrogen-bond acceptors (Lipinski definition) is 2. The van der Waals surface area contributed by atoms with Crippen LogP contribution in [0.3, 0.4) is 0 Å². The molecule has 0 bridgehead atoms. The Morgan fingerprint density at radius 2 is 1.03 bits per heavy atom. The third kappa shape index (κ3) is 7.04. The average molecular weight is 399 g/mol. The number of hydrogen-bond donors (Lipinski definition) is 2. The standard InChI is InChI=1S/C17H18N2.C11H16/c1-12-3-7-14(8-4-12)16(18)11-17(19)15-9-5-13(2)6-10-15;1-9-5-7-10(8-6-9)11(2,3)4/h3-11,18H,19H2,1-2H3;5-8H,1-4H3/b17-11-,18-16?;. The molecule has 3 rings (SSSR count). The molecule has 2 heteroatoms. The highest BCUT2D eigenvalue weighted by molar-refractivity contribution is 6.10. The molecule has 3 aromatic rings. The summed E-state index contributed by atoms with van der Waals surface area (Å²) in [5.41, 5.74) is 14.3. The van der Waals surface area contributed by atoms with Gasteiger partial charge in [0.25, 0.3) is 0 Å². The molecule has 0 radical (unpaired) electrons. The monoisotopic (exact) mass is 398 g/mol. The second kappa shape index (κ2) is 10.1. The molecule has 156 valence electrons. The molecule has 3 aromatic carbocycles. The van der Waals surface area contributed by atoms with Gasteiger partial charge in [0.1, 0.15) is 0 Å². The Balaban J connectivity index is 0.000000248. The van der Waals surface area contributed by atoms with Crippen LogP contribution in [0.1, 0.15) is 54.2 Å². The van der Waals surface area contributed by atoms with E-state index in [0.717, 1.165) is 11.1 Å². The Hall–Kier alpha value is -3.13. The van der Waals surface area contributed by atoms with Crippen LogP contribution in [-0.4, -0.2) is 5.71 Å². The molecule has 2 nitrogen and oxygen atoms in total. The average Bonchev–Trinajstić information content (AvgIpc) is 2.69. The van der Waals surface area contributed by atoms with Crippen molar-refractivity contribution in [2.45, 2.75) is 47.0 Å². The number of aryl methyl sites for hydroxylation is 3. The zero-order chi connectivity index (χ0) is 22.3. The van der Waals surface area contributed by atoms with Crippen molar-refractivity contribution in [3.63, 3.8) is 0 Å². The first kappa shape index (κ1) is 23.2. The fourth-order valence-corrected chi connectivity index (χ4v) is 2.85. The van der Waals surface area contributed by atoms with E-state index in [1.54, 1.807) is 6.08 Å². The summed E-state index contributed by atoms with van der Waals surface area (Å²) in [6, 6.07) is 24.6. The van der Waals surface area contributed by atoms with Crippen LogP contribution in [0.5, 0.6) is 0 Å². The number of benzene rings is 3. The molecule has 0 atom stereocenters. The SMILES string of the molecule is Cc1ccc(C(=N)/C=C(\N)c2ccc(C)cc2)cc1.Cc1ccc(C(C)(C)C)cc1. The Kier molecular flexibility index (Phi) is 7.77. The third-order valence-electron chi connectivity index (χ3n) is 4.96. The fourth-order valence-electron chi connectivity index (χ4n) is 2.85. The molecule has 0 aliphatic rings. The Labute approximate surface area is 182 Å². The van der Waals surface area contributed by atoms with Crippen LogP contribution in [0.25, 0.3) is 5.70 Å². The predicted molar refractivity (Wildman–Crippen MR) is 131 cm³/mol. The first-order valence-corrected chi connectivity index (χ1v) is 10.3. The van der Waals surface area contributed by atoms with E-state index < -0.39 is 0 Å². The minimum atomic E-state index is 0.285. The Bertz CT molecular complexity index is 985. The predicted octanol–water partition coefficient (Wildman–Crippen LogP) is 6.96. The van der Waals surface area contributed by atoms with Crippen LogP contribution in [0.4, 0.5) is 0 Å². The molecule has 0 heterocycles. The minimum absolute atomic E-state index is 0.285. The van der Waals surface area contributed by atoms with Gasteiger partial charge in [-0.15, -0.1) is 0 Å². The molecule has 0 unspecified atom stereocenters. The van der Waals surface area contributed by atoms with Gasteiger partial charge >= 0.3 is 0 Å². The number of nitrogens with two attached hydrogens (primary N) is 1. The van der Waals surface area contributed by atoms with Gasteiger partial charge in [-0.1, -0.05) is 110 Å². The summed E-state index contributed by atoms with van der Waals surface area (Å²) >= 11 is 0. The molecule has 0 aliphatic carbocycles. The summed E-state index contributed by atoms with van der Waals surface area (Å²) in [5.74, 6) is 0. The lowest BCUT2D eigenvalue weighted by Crippen LogP contribution is -2.10. The molecule has 0 saturated carbocycles. The van der Waals surface area contributed by atoms with Crippen molar-refractivity contribution in [2.75, 3.05) is 0 Å². The lowest BCUT2D eigenvalue weighted by Gasteiger charge is -2.18. The first-order chi connectivity index (χ1) is 14.1. The number of rotatable bonds is 3. The highest BCUT2D eigenvalue weighted by atomic mass is 14.6. The first-order valence-electron chi connectivity index (χ1n) is 10.3. The lowest BCUT2D eigenvalue weighted by atomic mass is 9.87. The fraction of sp³-hybridized carbons (Fsp3) is 0.250. The second-order valence-corrected chi connectivity index (χ2v) is 8.86. The van der Waals surface area contributed by atoms with E-state index in [9.17, 15) is 0 Å². The van der Waals surface area contributed by atoms with E-state index in [1.165, 1.54) is 22.3 Å². The van der Waals surface area contributed by atoms with Crippen molar-refractivity contribution in [1.29, 1.82) is 5.41 Å². The maximum atomic E-state index is 8.07. The van der Waals surface area contributed by atoms with Gasteiger partial charge in [-0.3, -0.25) is 0 Å². The summed E-state index contributed by atoms with van der Waals surface area (Å²) in [6.07, 6.45) is 1.70. The van der Waals surface area contributed by atoms with Crippen LogP contribution in [0.2, 0.25) is 0 Å². The maximum absolute atomic E-state index is 8.07. The lowest BCUT2D eigenvalue weighted by molar-refractivity contribution is 0.590. The summed E-state index contributed by atoms with van der Waals surface area (Å²) in [4.78, 5) is 0. The highest BCUT2D eigenvalue weighted by Gasteiger charge is 2.11. The zero-order valence-electron chi connectivity index (χ0n) is 19.1. The van der Waals surface area contributed by atoms with Crippen molar-refractivity contribution in [3.05, 3.63) is 112 Å². The van der Waals surface area contributed by atoms with Crippen molar-refractivity contribution in [3.8, 4) is 0 Å². The van der Waals surface area contributed by atoms with Crippen molar-refractivity contribution in [2.24, 2.45) is 5.73 Å². The van der Waals surface area contributed by atoms with Gasteiger partial charge < -0.3 is 11.1 Å². The van der Waals surface area contributed by atoms with Crippen molar-refractivity contribution >= 4 is 11.4 Å². The Morgan fingerprint density at radius 3 is 1.43 bits per heavy atom. The van der Waals surface area contributed by atoms with Crippen molar-refractivity contribution in [1.82, 2.24) is 0 Å². The molecule has 0 aliphatic heterocycles. The van der Waals surface area contributed by atoms with E-state index in [2.05, 4.69) is 52.0 Å². The normalized spacial score (nSPS) is 11.5. The van der Waals surface area contributed by atoms with Gasteiger partial charge in [0.2, 0.25) is 0 Å². The van der Waals surface area contributed by atoms with Gasteiger partial charge in [-0.05, 0) is 49.0 Å². The van der Waals surface area contributed by atoms with E-state index in [4.69, 9.17) is 11.1 Å². The molecule has 30 heavy (non-hydrogen) atoms. The van der Waals surface area contributed by atoms with E-state index in [0.29, 0.717) is 11.4 Å². The molecule has 0 fully saturated rings. The number of allylic oxidation sites excluding steroid dienone is 1. The highest BCUT2D eigenvalue weighted by Crippen LogP contribution is 2.21. The quantitative estimate of drug-likeness (QED) is 0.460. The minimum Gasteiger partial charge on any atom is -0.398 e. The van der Waals surface area contributed by atoms with Gasteiger partial charge in [0.05, 0.1) is 5.71 Å². The summed E-state index contributed by atoms with van der Waals surface area (Å²) in [7, 11) is 0. The van der Waals surface area contributed by atoms with Gasteiger partial charge in [-0.2, -0.15) is 0 Å². The molecule has 0 spiro atoms. The smallest absolute Gasteiger partial charge is 0.0632 e. The molecule has 0 saturated heterocycles. The van der Waals surface area contributed by atoms with Crippen LogP contribution in [-0.2, 0) is 5.41 Å². The second-order valence-electron chi connectivity index (χ2n) is 8.86. The zero-order valence-corrected chi connectivity index (χ0v) is 19.1. The summed E-state index contributed by atoms with van der Waals surface area (Å²) in [6.45, 7) is 12.9. The van der Waals surface area contributed by atoms with Crippen LogP contribution in [0, 0.1) is 26.2 Å². The van der Waals surface area contributed by atoms with Crippen molar-refractivity contribution < 1.29 is 0 Å². The van der Waals surface area contributed by atoms with Crippen LogP contribution >= 0.6 is 0 Å². The van der Waals surface area contributed by atoms with Crippen LogP contribution < -0.4 is 5.73 Å². The Morgan fingerprint density at radius 1 is 0.667 bits per heavy atom. The van der Waals surface area contributed by atoms with Gasteiger partial charge in [-0.25, -0.2) is 0 Å². The molecule has 0 amide bonds. The topological polar surface area (TPSA) is 49.9 Å². The summed E-state index contributed by atoms with van der Waals surface area (Å²) < 4.78 is 0. The van der Waals surface area contributed by atoms with Gasteiger partial charge in [0.15, 0.2) is 0 Å². The largest absolute Gasteiger partial charge is 0.398 e. The molecule has 3 N–H and O–H groups in total. The molecular weight excluding hydrogens is 364 g/mol.